The molecule has 0 saturated heterocycles. The molecule has 1 aliphatic carbocycles. The monoisotopic (exact) mass is 145 g/mol. The van der Waals surface area contributed by atoms with Gasteiger partial charge in [0.15, 0.2) is 5.52 Å². The van der Waals surface area contributed by atoms with E-state index in [-0.39, 0.29) is 5.52 Å². The van der Waals surface area contributed by atoms with Crippen molar-refractivity contribution in [1.29, 1.82) is 0 Å². The van der Waals surface area contributed by atoms with Crippen molar-refractivity contribution in [3.05, 3.63) is 0 Å². The second-order valence-corrected chi connectivity index (χ2v) is 3.25. The van der Waals surface area contributed by atoms with Crippen molar-refractivity contribution in [1.82, 2.24) is 0 Å². The minimum absolute atomic E-state index is 0.0694. The van der Waals surface area contributed by atoms with E-state index in [2.05, 4.69) is 9.24 Å². The lowest BCUT2D eigenvalue weighted by molar-refractivity contribution is -0.115. The predicted octanol–water partition coefficient (Wildman–Crippen LogP) is 0.660. The fourth-order valence-corrected chi connectivity index (χ4v) is 1.54. The molecule has 0 aromatic heterocycles. The summed E-state index contributed by atoms with van der Waals surface area (Å²) in [5, 5.41) is 0. The molecular weight excluding hydrogens is 133 g/mol. The smallest absolute Gasteiger partial charge is 0.167 e. The van der Waals surface area contributed by atoms with Gasteiger partial charge in [-0.05, 0) is 12.8 Å². The highest BCUT2D eigenvalue weighted by molar-refractivity contribution is 7.40. The molecule has 0 heterocycles. The van der Waals surface area contributed by atoms with Crippen molar-refractivity contribution in [3.8, 4) is 0 Å². The van der Waals surface area contributed by atoms with Crippen LogP contribution >= 0.6 is 9.24 Å². The van der Waals surface area contributed by atoms with Gasteiger partial charge in [-0.15, -0.1) is 0 Å². The Morgan fingerprint density at radius 2 is 1.89 bits per heavy atom. The van der Waals surface area contributed by atoms with Gasteiger partial charge in [-0.1, -0.05) is 22.1 Å². The van der Waals surface area contributed by atoms with Crippen LogP contribution in [0.15, 0.2) is 0 Å². The molecule has 0 aromatic carbocycles. The highest BCUT2D eigenvalue weighted by Gasteiger charge is 2.33. The average Bonchev–Trinajstić information content (AvgIpc) is 2.16. The zero-order valence-electron chi connectivity index (χ0n) is 5.39. The largest absolute Gasteiger partial charge is 0.319 e. The third kappa shape index (κ3) is 1.31. The minimum atomic E-state index is -0.481. The van der Waals surface area contributed by atoms with Crippen LogP contribution < -0.4 is 5.73 Å². The Hall–Kier alpha value is 0.0600. The maximum Gasteiger partial charge on any atom is 0.167 e. The number of carbonyl (C=O) groups is 1. The first kappa shape index (κ1) is 7.17. The fraction of sp³-hybridized carbons (Fsp3) is 0.833. The maximum absolute atomic E-state index is 10.8. The second kappa shape index (κ2) is 2.36. The molecular formula is C6H12NOP. The van der Waals surface area contributed by atoms with Crippen molar-refractivity contribution in [2.45, 2.75) is 31.2 Å². The standard InChI is InChI=1S/C6H12NOP/c7-6(5(8)9)3-1-2-4-6/h1-4,7,9H2. The lowest BCUT2D eigenvalue weighted by Gasteiger charge is -2.18. The van der Waals surface area contributed by atoms with Crippen molar-refractivity contribution >= 4 is 14.8 Å². The number of hydrogen-bond donors (Lipinski definition) is 1. The van der Waals surface area contributed by atoms with E-state index >= 15 is 0 Å². The van der Waals surface area contributed by atoms with Crippen LogP contribution in [-0.4, -0.2) is 11.1 Å². The van der Waals surface area contributed by atoms with E-state index in [1.807, 2.05) is 0 Å². The molecule has 2 nitrogen and oxygen atoms in total. The quantitative estimate of drug-likeness (QED) is 0.551. The van der Waals surface area contributed by atoms with E-state index in [0.29, 0.717) is 0 Å². The Bertz CT molecular complexity index is 129. The Morgan fingerprint density at radius 1 is 1.44 bits per heavy atom. The zero-order chi connectivity index (χ0) is 6.91. The summed E-state index contributed by atoms with van der Waals surface area (Å²) in [6.07, 6.45) is 3.96. The molecule has 1 rings (SSSR count). The van der Waals surface area contributed by atoms with Crippen molar-refractivity contribution < 1.29 is 4.79 Å². The van der Waals surface area contributed by atoms with Gasteiger partial charge in [-0.3, -0.25) is 4.79 Å². The molecule has 0 bridgehead atoms. The lowest BCUT2D eigenvalue weighted by atomic mass is 10.0. The van der Waals surface area contributed by atoms with E-state index in [9.17, 15) is 4.79 Å². The molecule has 0 aromatic rings. The molecule has 0 spiro atoms. The van der Waals surface area contributed by atoms with Gasteiger partial charge < -0.3 is 5.73 Å². The third-order valence-corrected chi connectivity index (χ3v) is 2.56. The van der Waals surface area contributed by atoms with E-state index in [1.165, 1.54) is 0 Å². The molecule has 1 fully saturated rings. The predicted molar refractivity (Wildman–Crippen MR) is 40.1 cm³/mol. The van der Waals surface area contributed by atoms with Crippen LogP contribution in [0.5, 0.6) is 0 Å². The first-order valence-corrected chi connectivity index (χ1v) is 3.82. The second-order valence-electron chi connectivity index (χ2n) is 2.73. The summed E-state index contributed by atoms with van der Waals surface area (Å²) in [7, 11) is 2.17. The number of hydrogen-bond acceptors (Lipinski definition) is 2. The van der Waals surface area contributed by atoms with Gasteiger partial charge >= 0.3 is 0 Å². The van der Waals surface area contributed by atoms with Gasteiger partial charge in [0.05, 0.1) is 5.54 Å². The van der Waals surface area contributed by atoms with Gasteiger partial charge in [-0.25, -0.2) is 0 Å². The number of carbonyl (C=O) groups excluding carboxylic acids is 1. The zero-order valence-corrected chi connectivity index (χ0v) is 6.55. The Morgan fingerprint density at radius 3 is 2.11 bits per heavy atom. The van der Waals surface area contributed by atoms with Crippen molar-refractivity contribution in [2.75, 3.05) is 0 Å². The SMILES string of the molecule is NC1(C(=O)P)CCCC1. The highest BCUT2D eigenvalue weighted by atomic mass is 31.0. The summed E-state index contributed by atoms with van der Waals surface area (Å²) in [5.41, 5.74) is 5.32. The minimum Gasteiger partial charge on any atom is -0.319 e. The maximum atomic E-state index is 10.8. The molecule has 0 radical (unpaired) electrons. The fourth-order valence-electron chi connectivity index (χ4n) is 1.25. The molecule has 52 valence electrons. The Labute approximate surface area is 57.4 Å². The van der Waals surface area contributed by atoms with Crippen LogP contribution in [0.1, 0.15) is 25.7 Å². The van der Waals surface area contributed by atoms with Crippen LogP contribution in [-0.2, 0) is 4.79 Å². The summed E-state index contributed by atoms with van der Waals surface area (Å²) in [5.74, 6) is 0. The van der Waals surface area contributed by atoms with E-state index in [0.717, 1.165) is 25.7 Å². The first-order valence-electron chi connectivity index (χ1n) is 3.24. The molecule has 1 unspecified atom stereocenters. The molecule has 9 heavy (non-hydrogen) atoms. The first-order chi connectivity index (χ1) is 4.15. The van der Waals surface area contributed by atoms with E-state index < -0.39 is 5.54 Å². The van der Waals surface area contributed by atoms with Gasteiger partial charge in [0.1, 0.15) is 0 Å². The van der Waals surface area contributed by atoms with Crippen LogP contribution in [0.4, 0.5) is 0 Å². The van der Waals surface area contributed by atoms with Crippen molar-refractivity contribution in [3.63, 3.8) is 0 Å². The summed E-state index contributed by atoms with van der Waals surface area (Å²) in [4.78, 5) is 10.8. The van der Waals surface area contributed by atoms with Crippen LogP contribution in [0.2, 0.25) is 0 Å². The Kier molecular flexibility index (Phi) is 1.88. The molecule has 0 aliphatic heterocycles. The van der Waals surface area contributed by atoms with Gasteiger partial charge in [-0.2, -0.15) is 0 Å². The van der Waals surface area contributed by atoms with E-state index in [1.54, 1.807) is 0 Å². The molecule has 0 amide bonds. The lowest BCUT2D eigenvalue weighted by Crippen LogP contribution is -2.42. The molecule has 1 saturated carbocycles. The van der Waals surface area contributed by atoms with Crippen molar-refractivity contribution in [2.24, 2.45) is 5.73 Å². The van der Waals surface area contributed by atoms with Crippen LogP contribution in [0.25, 0.3) is 0 Å². The van der Waals surface area contributed by atoms with Crippen LogP contribution in [0, 0.1) is 0 Å². The van der Waals surface area contributed by atoms with E-state index in [4.69, 9.17) is 5.73 Å². The van der Waals surface area contributed by atoms with Crippen LogP contribution in [0.3, 0.4) is 0 Å². The molecule has 1 atom stereocenters. The molecule has 3 heteroatoms. The average molecular weight is 145 g/mol. The topological polar surface area (TPSA) is 43.1 Å². The van der Waals surface area contributed by atoms with Gasteiger partial charge in [0.2, 0.25) is 0 Å². The number of nitrogens with two attached hydrogens (primary N) is 1. The van der Waals surface area contributed by atoms with Gasteiger partial charge in [0, 0.05) is 0 Å². The summed E-state index contributed by atoms with van der Waals surface area (Å²) < 4.78 is 0. The summed E-state index contributed by atoms with van der Waals surface area (Å²) >= 11 is 0. The number of rotatable bonds is 1. The third-order valence-electron chi connectivity index (χ3n) is 1.99. The van der Waals surface area contributed by atoms with Gasteiger partial charge in [0.25, 0.3) is 0 Å². The highest BCUT2D eigenvalue weighted by Crippen LogP contribution is 2.29. The molecule has 2 N–H and O–H groups in total. The summed E-state index contributed by atoms with van der Waals surface area (Å²) in [6, 6.07) is 0. The normalized spacial score (nSPS) is 24.2. The Balaban J connectivity index is 2.61. The summed E-state index contributed by atoms with van der Waals surface area (Å²) in [6.45, 7) is 0. The molecule has 1 aliphatic rings.